The predicted molar refractivity (Wildman–Crippen MR) is 146 cm³/mol. The average Bonchev–Trinajstić information content (AvgIpc) is 2.91. The van der Waals surface area contributed by atoms with E-state index in [1.807, 2.05) is 30.3 Å². The summed E-state index contributed by atoms with van der Waals surface area (Å²) in [6.07, 6.45) is 5.54. The van der Waals surface area contributed by atoms with E-state index in [2.05, 4.69) is 22.0 Å². The van der Waals surface area contributed by atoms with Crippen LogP contribution in [0, 0.1) is 11.8 Å². The highest BCUT2D eigenvalue weighted by Gasteiger charge is 2.30. The molecule has 1 unspecified atom stereocenters. The third kappa shape index (κ3) is 7.65. The van der Waals surface area contributed by atoms with Gasteiger partial charge in [-0.25, -0.2) is 4.39 Å². The van der Waals surface area contributed by atoms with E-state index in [0.29, 0.717) is 30.1 Å². The van der Waals surface area contributed by atoms with Crippen LogP contribution in [-0.4, -0.2) is 47.7 Å². The van der Waals surface area contributed by atoms with Crippen molar-refractivity contribution in [3.8, 4) is 5.75 Å². The van der Waals surface area contributed by atoms with Crippen molar-refractivity contribution in [2.45, 2.75) is 51.1 Å². The number of hydrogen-bond acceptors (Lipinski definition) is 4. The van der Waals surface area contributed by atoms with Crippen molar-refractivity contribution in [3.05, 3.63) is 70.9 Å². The quantitative estimate of drug-likeness (QED) is 0.272. The van der Waals surface area contributed by atoms with Crippen LogP contribution in [0.1, 0.15) is 55.8 Å². The molecule has 0 amide bonds. The van der Waals surface area contributed by atoms with Gasteiger partial charge in [0.2, 0.25) is 0 Å². The van der Waals surface area contributed by atoms with Gasteiger partial charge in [-0.1, -0.05) is 23.7 Å². The van der Waals surface area contributed by atoms with Crippen molar-refractivity contribution >= 4 is 28.5 Å². The first-order valence-corrected chi connectivity index (χ1v) is 13.6. The minimum absolute atomic E-state index is 0.160. The Bertz CT molecular complexity index is 1170. The Morgan fingerprint density at radius 2 is 2.00 bits per heavy atom. The number of hydrogen-bond donors (Lipinski definition) is 1. The first-order valence-electron chi connectivity index (χ1n) is 13.2. The van der Waals surface area contributed by atoms with Crippen molar-refractivity contribution in [2.24, 2.45) is 11.8 Å². The number of carbonyl (C=O) groups is 1. The summed E-state index contributed by atoms with van der Waals surface area (Å²) in [5.41, 5.74) is 2.68. The van der Waals surface area contributed by atoms with Crippen molar-refractivity contribution in [2.75, 3.05) is 26.7 Å². The highest BCUT2D eigenvalue weighted by atomic mass is 35.5. The number of aryl methyl sites for hydroxylation is 1. The first-order chi connectivity index (χ1) is 17.9. The summed E-state index contributed by atoms with van der Waals surface area (Å²) >= 11 is 5.99. The molecule has 0 bridgehead atoms. The van der Waals surface area contributed by atoms with Gasteiger partial charge in [-0.2, -0.15) is 0 Å². The number of carboxylic acid groups (broad SMARTS) is 1. The Morgan fingerprint density at radius 1 is 1.19 bits per heavy atom. The third-order valence-corrected chi connectivity index (χ3v) is 7.92. The van der Waals surface area contributed by atoms with Crippen LogP contribution >= 0.6 is 11.6 Å². The molecule has 1 N–H and O–H groups in total. The Balaban J connectivity index is 1.34. The number of ether oxygens (including phenoxy) is 1. The van der Waals surface area contributed by atoms with Crippen LogP contribution in [0.4, 0.5) is 4.39 Å². The Kier molecular flexibility index (Phi) is 9.75. The van der Waals surface area contributed by atoms with Gasteiger partial charge in [0.1, 0.15) is 11.9 Å². The number of alkyl halides is 1. The Morgan fingerprint density at radius 3 is 2.76 bits per heavy atom. The van der Waals surface area contributed by atoms with Crippen molar-refractivity contribution in [1.29, 1.82) is 0 Å². The normalized spacial score (nSPS) is 19.1. The predicted octanol–water partition coefficient (Wildman–Crippen LogP) is 7.12. The Labute approximate surface area is 223 Å². The molecule has 3 aromatic rings. The van der Waals surface area contributed by atoms with E-state index in [1.54, 1.807) is 19.4 Å². The van der Waals surface area contributed by atoms with Gasteiger partial charge in [0.15, 0.2) is 0 Å². The molecule has 5 nitrogen and oxygen atoms in total. The van der Waals surface area contributed by atoms with Crippen LogP contribution in [0.2, 0.25) is 5.02 Å². The van der Waals surface area contributed by atoms with E-state index >= 15 is 4.39 Å². The zero-order chi connectivity index (χ0) is 26.2. The molecule has 2 heterocycles. The molecule has 1 aliphatic heterocycles. The minimum atomic E-state index is -1.10. The maximum Gasteiger partial charge on any atom is 0.303 e. The van der Waals surface area contributed by atoms with Crippen molar-refractivity contribution < 1.29 is 19.0 Å². The number of rotatable bonds is 12. The van der Waals surface area contributed by atoms with E-state index in [4.69, 9.17) is 16.3 Å². The van der Waals surface area contributed by atoms with Crippen LogP contribution in [0.25, 0.3) is 10.9 Å². The highest BCUT2D eigenvalue weighted by Crippen LogP contribution is 2.36. The van der Waals surface area contributed by atoms with Gasteiger partial charge in [-0.15, -0.1) is 0 Å². The number of aliphatic carboxylic acids is 1. The van der Waals surface area contributed by atoms with Crippen LogP contribution in [0.15, 0.2) is 54.7 Å². The molecular weight excluding hydrogens is 491 g/mol. The number of piperidine rings is 1. The zero-order valence-corrected chi connectivity index (χ0v) is 22.2. The SMILES string of the molecule is COc1ccc2nccc(C(F)CC[C@@H]3CCN(CCCc4ccc(Cl)cc4)C[C@@H]3CCC(=O)O)c2c1. The van der Waals surface area contributed by atoms with E-state index in [-0.39, 0.29) is 12.3 Å². The average molecular weight is 527 g/mol. The first kappa shape index (κ1) is 27.3. The molecule has 0 saturated carbocycles. The molecule has 198 valence electrons. The number of likely N-dealkylation sites (tertiary alicyclic amines) is 1. The number of fused-ring (bicyclic) bond motifs is 1. The monoisotopic (exact) mass is 526 g/mol. The molecule has 37 heavy (non-hydrogen) atoms. The van der Waals surface area contributed by atoms with Gasteiger partial charge < -0.3 is 14.7 Å². The summed E-state index contributed by atoms with van der Waals surface area (Å²) in [7, 11) is 1.60. The van der Waals surface area contributed by atoms with E-state index < -0.39 is 12.1 Å². The number of methoxy groups -OCH3 is 1. The van der Waals surface area contributed by atoms with Gasteiger partial charge in [0.25, 0.3) is 0 Å². The number of carboxylic acids is 1. The van der Waals surface area contributed by atoms with Crippen molar-refractivity contribution in [1.82, 2.24) is 9.88 Å². The van der Waals surface area contributed by atoms with Crippen LogP contribution < -0.4 is 4.74 Å². The standard InChI is InChI=1S/C30H36ClFN2O3/c1-37-25-10-12-29-27(19-25)26(14-16-33-29)28(32)11-6-22-15-18-34(20-23(22)7-13-30(35)36)17-2-3-21-4-8-24(31)9-5-21/h4-5,8-10,12,14,16,19,22-23,28H,2-3,6-7,11,13,15,17-18,20H2,1H3,(H,35,36)/t22-,23+,28?/m1/s1. The Hall–Kier alpha value is -2.70. The molecule has 0 radical (unpaired) electrons. The lowest BCUT2D eigenvalue weighted by Gasteiger charge is -2.39. The summed E-state index contributed by atoms with van der Waals surface area (Å²) < 4.78 is 20.9. The second kappa shape index (κ2) is 13.2. The molecule has 7 heteroatoms. The zero-order valence-electron chi connectivity index (χ0n) is 21.4. The van der Waals surface area contributed by atoms with E-state index in [9.17, 15) is 9.90 Å². The van der Waals surface area contributed by atoms with Gasteiger partial charge in [-0.05, 0) is 111 Å². The molecule has 1 aliphatic rings. The molecule has 4 rings (SSSR count). The molecule has 0 spiro atoms. The topological polar surface area (TPSA) is 62.7 Å². The number of aromatic nitrogens is 1. The van der Waals surface area contributed by atoms with Gasteiger partial charge in [-0.3, -0.25) is 9.78 Å². The van der Waals surface area contributed by atoms with Gasteiger partial charge in [0.05, 0.1) is 12.6 Å². The maximum atomic E-state index is 15.5. The van der Waals surface area contributed by atoms with Gasteiger partial charge in [0, 0.05) is 29.6 Å². The molecule has 2 aromatic carbocycles. The van der Waals surface area contributed by atoms with Crippen LogP contribution in [0.5, 0.6) is 5.75 Å². The molecule has 1 saturated heterocycles. The number of nitrogens with zero attached hydrogens (tertiary/aromatic N) is 2. The molecule has 0 aliphatic carbocycles. The lowest BCUT2D eigenvalue weighted by molar-refractivity contribution is -0.137. The number of halogens is 2. The largest absolute Gasteiger partial charge is 0.497 e. The number of pyridine rings is 1. The third-order valence-electron chi connectivity index (χ3n) is 7.67. The van der Waals surface area contributed by atoms with Crippen LogP contribution in [0.3, 0.4) is 0 Å². The fourth-order valence-electron chi connectivity index (χ4n) is 5.60. The fraction of sp³-hybridized carbons (Fsp3) is 0.467. The maximum absolute atomic E-state index is 15.5. The second-order valence-corrected chi connectivity index (χ2v) is 10.5. The van der Waals surface area contributed by atoms with Crippen LogP contribution in [-0.2, 0) is 11.2 Å². The number of benzene rings is 2. The second-order valence-electron chi connectivity index (χ2n) is 10.1. The summed E-state index contributed by atoms with van der Waals surface area (Å²) in [6, 6.07) is 15.3. The molecular formula is C30H36ClFN2O3. The summed E-state index contributed by atoms with van der Waals surface area (Å²) in [4.78, 5) is 18.1. The summed E-state index contributed by atoms with van der Waals surface area (Å²) in [5, 5.41) is 10.8. The molecule has 1 aromatic heterocycles. The van der Waals surface area contributed by atoms with E-state index in [0.717, 1.165) is 61.2 Å². The highest BCUT2D eigenvalue weighted by molar-refractivity contribution is 6.30. The lowest BCUT2D eigenvalue weighted by Crippen LogP contribution is -2.41. The van der Waals surface area contributed by atoms with Crippen molar-refractivity contribution in [3.63, 3.8) is 0 Å². The van der Waals surface area contributed by atoms with Gasteiger partial charge >= 0.3 is 5.97 Å². The smallest absolute Gasteiger partial charge is 0.303 e. The minimum Gasteiger partial charge on any atom is -0.497 e. The summed E-state index contributed by atoms with van der Waals surface area (Å²) in [6.45, 7) is 2.83. The summed E-state index contributed by atoms with van der Waals surface area (Å²) in [5.74, 6) is 0.514. The van der Waals surface area contributed by atoms with E-state index in [1.165, 1.54) is 5.56 Å². The fourth-order valence-corrected chi connectivity index (χ4v) is 5.72. The molecule has 3 atom stereocenters. The molecule has 1 fully saturated rings. The lowest BCUT2D eigenvalue weighted by atomic mass is 9.79.